The summed E-state index contributed by atoms with van der Waals surface area (Å²) in [5.41, 5.74) is 6.05. The topological polar surface area (TPSA) is 76.7 Å². The standard InChI is InChI=1S/C15H22N2O4/c1-15(2,3)21-14(19)17-16-10-9-11-7-5-6-8-12(11)13(18)20-4/h5-8,16H,9-10H2,1-4H3,(H,17,19). The number of carbonyl (C=O) groups excluding carboxylic acids is 2. The van der Waals surface area contributed by atoms with Crippen molar-refractivity contribution in [2.24, 2.45) is 0 Å². The second kappa shape index (κ2) is 7.64. The Morgan fingerprint density at radius 1 is 1.19 bits per heavy atom. The second-order valence-electron chi connectivity index (χ2n) is 5.45. The zero-order valence-corrected chi connectivity index (χ0v) is 12.9. The summed E-state index contributed by atoms with van der Waals surface area (Å²) < 4.78 is 9.81. The Labute approximate surface area is 124 Å². The van der Waals surface area contributed by atoms with Crippen LogP contribution in [0.15, 0.2) is 24.3 Å². The highest BCUT2D eigenvalue weighted by Gasteiger charge is 2.15. The molecule has 0 aliphatic heterocycles. The number of hydrogen-bond acceptors (Lipinski definition) is 5. The Morgan fingerprint density at radius 3 is 2.48 bits per heavy atom. The molecule has 2 N–H and O–H groups in total. The normalized spacial score (nSPS) is 10.9. The van der Waals surface area contributed by atoms with Gasteiger partial charge in [0.05, 0.1) is 12.7 Å². The van der Waals surface area contributed by atoms with E-state index in [0.717, 1.165) is 5.56 Å². The van der Waals surface area contributed by atoms with Crippen molar-refractivity contribution < 1.29 is 19.1 Å². The minimum Gasteiger partial charge on any atom is -0.465 e. The molecule has 0 aliphatic rings. The fraction of sp³-hybridized carbons (Fsp3) is 0.467. The number of amides is 1. The third-order valence-corrected chi connectivity index (χ3v) is 2.53. The quantitative estimate of drug-likeness (QED) is 0.494. The van der Waals surface area contributed by atoms with Gasteiger partial charge in [-0.2, -0.15) is 0 Å². The minimum absolute atomic E-state index is 0.370. The Balaban J connectivity index is 2.43. The smallest absolute Gasteiger partial charge is 0.422 e. The third kappa shape index (κ3) is 6.27. The van der Waals surface area contributed by atoms with Crippen LogP contribution in [-0.2, 0) is 15.9 Å². The van der Waals surface area contributed by atoms with Gasteiger partial charge in [-0.25, -0.2) is 15.0 Å². The van der Waals surface area contributed by atoms with Gasteiger partial charge in [-0.05, 0) is 38.8 Å². The lowest BCUT2D eigenvalue weighted by Gasteiger charge is -2.19. The maximum Gasteiger partial charge on any atom is 0.422 e. The molecule has 21 heavy (non-hydrogen) atoms. The lowest BCUT2D eigenvalue weighted by Crippen LogP contribution is -2.42. The predicted octanol–water partition coefficient (Wildman–Crippen LogP) is 2.04. The molecule has 1 rings (SSSR count). The van der Waals surface area contributed by atoms with Crippen LogP contribution < -0.4 is 10.9 Å². The first-order chi connectivity index (χ1) is 9.83. The minimum atomic E-state index is -0.538. The molecule has 1 aromatic carbocycles. The van der Waals surface area contributed by atoms with Crippen molar-refractivity contribution in [3.63, 3.8) is 0 Å². The van der Waals surface area contributed by atoms with Gasteiger partial charge in [0, 0.05) is 6.54 Å². The summed E-state index contributed by atoms with van der Waals surface area (Å²) in [6, 6.07) is 7.19. The lowest BCUT2D eigenvalue weighted by atomic mass is 10.0. The first-order valence-corrected chi connectivity index (χ1v) is 6.71. The van der Waals surface area contributed by atoms with Crippen LogP contribution in [0, 0.1) is 0 Å². The van der Waals surface area contributed by atoms with Gasteiger partial charge in [0.1, 0.15) is 5.60 Å². The molecule has 116 valence electrons. The highest BCUT2D eigenvalue weighted by molar-refractivity contribution is 5.90. The van der Waals surface area contributed by atoms with Crippen molar-refractivity contribution in [3.05, 3.63) is 35.4 Å². The molecule has 0 heterocycles. The van der Waals surface area contributed by atoms with Crippen LogP contribution >= 0.6 is 0 Å². The largest absolute Gasteiger partial charge is 0.465 e. The number of hydrazine groups is 1. The Kier molecular flexibility index (Phi) is 6.17. The van der Waals surface area contributed by atoms with E-state index in [1.807, 2.05) is 12.1 Å². The van der Waals surface area contributed by atoms with E-state index in [9.17, 15) is 9.59 Å². The van der Waals surface area contributed by atoms with Gasteiger partial charge in [0.15, 0.2) is 0 Å². The van der Waals surface area contributed by atoms with Crippen LogP contribution in [-0.4, -0.2) is 31.3 Å². The molecule has 0 radical (unpaired) electrons. The zero-order chi connectivity index (χ0) is 15.9. The van der Waals surface area contributed by atoms with Crippen LogP contribution in [0.3, 0.4) is 0 Å². The van der Waals surface area contributed by atoms with Gasteiger partial charge in [-0.3, -0.25) is 5.43 Å². The van der Waals surface area contributed by atoms with Crippen LogP contribution in [0.25, 0.3) is 0 Å². The van der Waals surface area contributed by atoms with Gasteiger partial charge in [-0.1, -0.05) is 18.2 Å². The fourth-order valence-electron chi connectivity index (χ4n) is 1.68. The first kappa shape index (κ1) is 17.0. The van der Waals surface area contributed by atoms with Crippen molar-refractivity contribution in [2.45, 2.75) is 32.8 Å². The number of esters is 1. The van der Waals surface area contributed by atoms with Gasteiger partial charge in [-0.15, -0.1) is 0 Å². The number of ether oxygens (including phenoxy) is 2. The molecular formula is C15H22N2O4. The van der Waals surface area contributed by atoms with Gasteiger partial charge in [0.25, 0.3) is 0 Å². The van der Waals surface area contributed by atoms with Gasteiger partial charge >= 0.3 is 12.1 Å². The van der Waals surface area contributed by atoms with Gasteiger partial charge < -0.3 is 9.47 Å². The highest BCUT2D eigenvalue weighted by atomic mass is 16.6. The third-order valence-electron chi connectivity index (χ3n) is 2.53. The number of hydrogen-bond donors (Lipinski definition) is 2. The van der Waals surface area contributed by atoms with Crippen LogP contribution in [0.5, 0.6) is 0 Å². The van der Waals surface area contributed by atoms with Crippen molar-refractivity contribution in [3.8, 4) is 0 Å². The summed E-state index contributed by atoms with van der Waals surface area (Å²) in [7, 11) is 1.35. The number of methoxy groups -OCH3 is 1. The number of rotatable bonds is 5. The Hall–Kier alpha value is -2.08. The van der Waals surface area contributed by atoms with E-state index in [1.165, 1.54) is 7.11 Å². The average molecular weight is 294 g/mol. The maximum atomic E-state index is 11.6. The molecule has 6 nitrogen and oxygen atoms in total. The molecule has 0 atom stereocenters. The van der Waals surface area contributed by atoms with Crippen LogP contribution in [0.2, 0.25) is 0 Å². The molecule has 0 aliphatic carbocycles. The summed E-state index contributed by atoms with van der Waals surface area (Å²) >= 11 is 0. The summed E-state index contributed by atoms with van der Waals surface area (Å²) in [4.78, 5) is 23.0. The molecule has 0 saturated carbocycles. The molecular weight excluding hydrogens is 272 g/mol. The van der Waals surface area contributed by atoms with Crippen molar-refractivity contribution in [2.75, 3.05) is 13.7 Å². The van der Waals surface area contributed by atoms with E-state index < -0.39 is 11.7 Å². The molecule has 1 aromatic rings. The van der Waals surface area contributed by atoms with E-state index >= 15 is 0 Å². The SMILES string of the molecule is COC(=O)c1ccccc1CCNNC(=O)OC(C)(C)C. The maximum absolute atomic E-state index is 11.6. The summed E-state index contributed by atoms with van der Waals surface area (Å²) in [5, 5.41) is 0. The highest BCUT2D eigenvalue weighted by Crippen LogP contribution is 2.10. The number of benzene rings is 1. The molecule has 0 unspecified atom stereocenters. The van der Waals surface area contributed by atoms with E-state index in [-0.39, 0.29) is 5.97 Å². The Bertz CT molecular complexity index is 495. The molecule has 0 bridgehead atoms. The zero-order valence-electron chi connectivity index (χ0n) is 12.9. The first-order valence-electron chi connectivity index (χ1n) is 6.71. The van der Waals surface area contributed by atoms with Crippen molar-refractivity contribution >= 4 is 12.1 Å². The van der Waals surface area contributed by atoms with Crippen LogP contribution in [0.4, 0.5) is 4.79 Å². The average Bonchev–Trinajstić information content (AvgIpc) is 2.41. The Morgan fingerprint density at radius 2 is 1.86 bits per heavy atom. The van der Waals surface area contributed by atoms with E-state index in [2.05, 4.69) is 10.9 Å². The predicted molar refractivity (Wildman–Crippen MR) is 78.9 cm³/mol. The molecule has 1 amide bonds. The lowest BCUT2D eigenvalue weighted by molar-refractivity contribution is 0.0497. The monoisotopic (exact) mass is 294 g/mol. The summed E-state index contributed by atoms with van der Waals surface area (Å²) in [5.74, 6) is -0.370. The van der Waals surface area contributed by atoms with Crippen molar-refractivity contribution in [1.29, 1.82) is 0 Å². The fourth-order valence-corrected chi connectivity index (χ4v) is 1.68. The molecule has 0 fully saturated rings. The second-order valence-corrected chi connectivity index (χ2v) is 5.45. The van der Waals surface area contributed by atoms with E-state index in [0.29, 0.717) is 18.5 Å². The van der Waals surface area contributed by atoms with Crippen LogP contribution in [0.1, 0.15) is 36.7 Å². The summed E-state index contributed by atoms with van der Waals surface area (Å²) in [6.45, 7) is 5.84. The van der Waals surface area contributed by atoms with E-state index in [1.54, 1.807) is 32.9 Å². The molecule has 0 aromatic heterocycles. The molecule has 6 heteroatoms. The molecule has 0 spiro atoms. The van der Waals surface area contributed by atoms with Crippen molar-refractivity contribution in [1.82, 2.24) is 10.9 Å². The van der Waals surface area contributed by atoms with E-state index in [4.69, 9.17) is 9.47 Å². The van der Waals surface area contributed by atoms with Gasteiger partial charge in [0.2, 0.25) is 0 Å². The number of carbonyl (C=O) groups is 2. The number of nitrogens with one attached hydrogen (secondary N) is 2. The molecule has 0 saturated heterocycles. The summed E-state index contributed by atoms with van der Waals surface area (Å²) in [6.07, 6.45) is 0.0323.